The van der Waals surface area contributed by atoms with Gasteiger partial charge in [0.1, 0.15) is 5.82 Å². The van der Waals surface area contributed by atoms with Crippen LogP contribution in [0.3, 0.4) is 0 Å². The predicted octanol–water partition coefficient (Wildman–Crippen LogP) is 3.11. The topological polar surface area (TPSA) is 38.9 Å². The zero-order chi connectivity index (χ0) is 10.8. The van der Waals surface area contributed by atoms with Crippen LogP contribution >= 0.6 is 22.9 Å². The summed E-state index contributed by atoms with van der Waals surface area (Å²) in [5.74, 6) is -0.258. The number of nitrogen functional groups attached to an aromatic ring is 1. The third-order valence-corrected chi connectivity index (χ3v) is 3.01. The molecule has 1 aromatic heterocycles. The van der Waals surface area contributed by atoms with Crippen LogP contribution in [0.2, 0.25) is 5.02 Å². The predicted molar refractivity (Wildman–Crippen MR) is 60.7 cm³/mol. The Bertz CT molecular complexity index is 484. The van der Waals surface area contributed by atoms with Crippen molar-refractivity contribution in [3.05, 3.63) is 45.7 Å². The molecule has 1 aromatic carbocycles. The molecule has 5 heteroatoms. The first-order valence-corrected chi connectivity index (χ1v) is 5.48. The van der Waals surface area contributed by atoms with Gasteiger partial charge in [0, 0.05) is 22.5 Å². The Morgan fingerprint density at radius 3 is 2.93 bits per heavy atom. The van der Waals surface area contributed by atoms with E-state index in [-0.39, 0.29) is 5.82 Å². The van der Waals surface area contributed by atoms with Gasteiger partial charge in [-0.05, 0) is 23.8 Å². The molecule has 0 aliphatic heterocycles. The van der Waals surface area contributed by atoms with Gasteiger partial charge < -0.3 is 5.73 Å². The number of thiazole rings is 1. The van der Waals surface area contributed by atoms with Crippen LogP contribution < -0.4 is 5.73 Å². The van der Waals surface area contributed by atoms with E-state index in [1.54, 1.807) is 12.3 Å². The van der Waals surface area contributed by atoms with Crippen LogP contribution in [0.1, 0.15) is 10.4 Å². The molecule has 0 saturated heterocycles. The van der Waals surface area contributed by atoms with Crippen LogP contribution in [0.5, 0.6) is 0 Å². The third-order valence-electron chi connectivity index (χ3n) is 1.94. The number of hydrogen-bond donors (Lipinski definition) is 1. The summed E-state index contributed by atoms with van der Waals surface area (Å²) in [6.45, 7) is 0. The molecule has 0 saturated carbocycles. The van der Waals surface area contributed by atoms with E-state index in [1.165, 1.54) is 23.5 Å². The third kappa shape index (κ3) is 2.46. The fourth-order valence-electron chi connectivity index (χ4n) is 1.27. The van der Waals surface area contributed by atoms with Gasteiger partial charge >= 0.3 is 0 Å². The summed E-state index contributed by atoms with van der Waals surface area (Å²) in [6, 6.07) is 4.51. The summed E-state index contributed by atoms with van der Waals surface area (Å²) in [4.78, 5) is 4.83. The number of nitrogens with zero attached hydrogens (tertiary/aromatic N) is 1. The number of benzene rings is 1. The van der Waals surface area contributed by atoms with Crippen LogP contribution in [-0.2, 0) is 6.42 Å². The summed E-state index contributed by atoms with van der Waals surface area (Å²) in [6.07, 6.45) is 2.13. The van der Waals surface area contributed by atoms with Crippen molar-refractivity contribution in [2.45, 2.75) is 6.42 Å². The van der Waals surface area contributed by atoms with E-state index in [1.807, 2.05) is 0 Å². The minimum atomic E-state index is -0.258. The van der Waals surface area contributed by atoms with Gasteiger partial charge in [-0.2, -0.15) is 0 Å². The lowest BCUT2D eigenvalue weighted by Gasteiger charge is -2.01. The molecule has 0 amide bonds. The van der Waals surface area contributed by atoms with Crippen LogP contribution in [0.4, 0.5) is 9.52 Å². The second-order valence-corrected chi connectivity index (χ2v) is 4.66. The van der Waals surface area contributed by atoms with Crippen molar-refractivity contribution >= 4 is 28.1 Å². The second kappa shape index (κ2) is 4.16. The molecular formula is C10H8ClFN2S. The van der Waals surface area contributed by atoms with Crippen LogP contribution in [0.15, 0.2) is 24.4 Å². The van der Waals surface area contributed by atoms with Gasteiger partial charge in [0.15, 0.2) is 5.13 Å². The molecule has 0 bridgehead atoms. The zero-order valence-corrected chi connectivity index (χ0v) is 9.28. The lowest BCUT2D eigenvalue weighted by atomic mass is 10.1. The molecule has 78 valence electrons. The monoisotopic (exact) mass is 242 g/mol. The smallest absolute Gasteiger partial charge is 0.180 e. The molecule has 0 unspecified atom stereocenters. The first-order valence-electron chi connectivity index (χ1n) is 4.29. The lowest BCUT2D eigenvalue weighted by Crippen LogP contribution is -1.90. The Hall–Kier alpha value is -1.13. The van der Waals surface area contributed by atoms with Crippen LogP contribution in [-0.4, -0.2) is 4.98 Å². The maximum Gasteiger partial charge on any atom is 0.180 e. The molecule has 0 spiro atoms. The molecule has 0 aliphatic carbocycles. The van der Waals surface area contributed by atoms with Gasteiger partial charge in [-0.15, -0.1) is 11.3 Å². The number of halogens is 2. The molecule has 0 atom stereocenters. The SMILES string of the molecule is Nc1ncc(Cc2cc(Cl)ccc2F)s1. The standard InChI is InChI=1S/C10H8ClFN2S/c11-7-1-2-9(12)6(3-7)4-8-5-14-10(13)15-8/h1-3,5H,4H2,(H2,13,14). The molecule has 1 heterocycles. The van der Waals surface area contributed by atoms with Crippen molar-refractivity contribution in [2.75, 3.05) is 5.73 Å². The van der Waals surface area contributed by atoms with Gasteiger partial charge in [-0.3, -0.25) is 0 Å². The minimum absolute atomic E-state index is 0.258. The normalized spacial score (nSPS) is 10.5. The van der Waals surface area contributed by atoms with Crippen molar-refractivity contribution in [3.8, 4) is 0 Å². The minimum Gasteiger partial charge on any atom is -0.375 e. The van der Waals surface area contributed by atoms with Crippen LogP contribution in [0.25, 0.3) is 0 Å². The molecule has 2 N–H and O–H groups in total. The second-order valence-electron chi connectivity index (χ2n) is 3.08. The van der Waals surface area contributed by atoms with Crippen molar-refractivity contribution in [1.29, 1.82) is 0 Å². The summed E-state index contributed by atoms with van der Waals surface area (Å²) in [5, 5.41) is 1.02. The summed E-state index contributed by atoms with van der Waals surface area (Å²) < 4.78 is 13.4. The summed E-state index contributed by atoms with van der Waals surface area (Å²) in [7, 11) is 0. The van der Waals surface area contributed by atoms with E-state index >= 15 is 0 Å². The molecule has 15 heavy (non-hydrogen) atoms. The van der Waals surface area contributed by atoms with Crippen molar-refractivity contribution in [1.82, 2.24) is 4.98 Å². The molecule has 0 fully saturated rings. The Labute approximate surface area is 95.5 Å². The van der Waals surface area contributed by atoms with E-state index in [0.29, 0.717) is 22.1 Å². The first-order chi connectivity index (χ1) is 7.15. The Morgan fingerprint density at radius 2 is 2.27 bits per heavy atom. The molecular weight excluding hydrogens is 235 g/mol. The molecule has 2 rings (SSSR count). The van der Waals surface area contributed by atoms with Gasteiger partial charge in [0.25, 0.3) is 0 Å². The Kier molecular flexibility index (Phi) is 2.88. The lowest BCUT2D eigenvalue weighted by molar-refractivity contribution is 0.614. The largest absolute Gasteiger partial charge is 0.375 e. The van der Waals surface area contributed by atoms with Crippen molar-refractivity contribution in [2.24, 2.45) is 0 Å². The Morgan fingerprint density at radius 1 is 1.47 bits per heavy atom. The van der Waals surface area contributed by atoms with Crippen molar-refractivity contribution in [3.63, 3.8) is 0 Å². The quantitative estimate of drug-likeness (QED) is 0.879. The average molecular weight is 243 g/mol. The number of hydrogen-bond acceptors (Lipinski definition) is 3. The van der Waals surface area contributed by atoms with Gasteiger partial charge in [-0.25, -0.2) is 9.37 Å². The highest BCUT2D eigenvalue weighted by Crippen LogP contribution is 2.22. The number of nitrogens with two attached hydrogens (primary N) is 1. The molecule has 0 aliphatic rings. The molecule has 2 nitrogen and oxygen atoms in total. The average Bonchev–Trinajstić information content (AvgIpc) is 2.58. The van der Waals surface area contributed by atoms with Crippen LogP contribution in [0, 0.1) is 5.82 Å². The van der Waals surface area contributed by atoms with E-state index in [2.05, 4.69) is 4.98 Å². The van der Waals surface area contributed by atoms with Gasteiger partial charge in [0.2, 0.25) is 0 Å². The zero-order valence-electron chi connectivity index (χ0n) is 7.71. The maximum absolute atomic E-state index is 13.4. The highest BCUT2D eigenvalue weighted by molar-refractivity contribution is 7.15. The number of rotatable bonds is 2. The van der Waals surface area contributed by atoms with E-state index < -0.39 is 0 Å². The highest BCUT2D eigenvalue weighted by atomic mass is 35.5. The van der Waals surface area contributed by atoms with Gasteiger partial charge in [0.05, 0.1) is 0 Å². The van der Waals surface area contributed by atoms with E-state index in [4.69, 9.17) is 17.3 Å². The number of aromatic nitrogens is 1. The fourth-order valence-corrected chi connectivity index (χ4v) is 2.17. The van der Waals surface area contributed by atoms with Gasteiger partial charge in [-0.1, -0.05) is 11.6 Å². The summed E-state index contributed by atoms with van der Waals surface area (Å²) >= 11 is 7.14. The summed E-state index contributed by atoms with van der Waals surface area (Å²) in [5.41, 5.74) is 6.05. The molecule has 0 radical (unpaired) electrons. The Balaban J connectivity index is 2.27. The van der Waals surface area contributed by atoms with Crippen molar-refractivity contribution < 1.29 is 4.39 Å². The maximum atomic E-state index is 13.4. The fraction of sp³-hybridized carbons (Fsp3) is 0.100. The molecule has 2 aromatic rings. The first kappa shape index (κ1) is 10.4. The number of anilines is 1. The highest BCUT2D eigenvalue weighted by Gasteiger charge is 2.06. The van der Waals surface area contributed by atoms with E-state index in [0.717, 1.165) is 4.88 Å². The van der Waals surface area contributed by atoms with E-state index in [9.17, 15) is 4.39 Å².